The monoisotopic (exact) mass is 390 g/mol. The molecule has 0 aromatic heterocycles. The van der Waals surface area contributed by atoms with E-state index >= 15 is 0 Å². The normalized spacial score (nSPS) is 11.0. The minimum absolute atomic E-state index is 0.0605. The minimum atomic E-state index is -3.38. The molecule has 8 heteroatoms. The standard InChI is InChI=1S/C19H22N2O5S/c1-2-3-12-27(25,26)21-16-10-8-15(9-11-16)20-18(22)13-14-6-4-5-7-17(14)19(23)24/h4-11,21H,2-3,12-13H2,1H3,(H,20,22)(H,23,24). The van der Waals surface area contributed by atoms with Crippen LogP contribution in [0.1, 0.15) is 35.7 Å². The average molecular weight is 390 g/mol. The molecule has 0 radical (unpaired) electrons. The summed E-state index contributed by atoms with van der Waals surface area (Å²) in [6, 6.07) is 12.6. The first-order chi connectivity index (χ1) is 12.8. The van der Waals surface area contributed by atoms with E-state index in [0.717, 1.165) is 6.42 Å². The van der Waals surface area contributed by atoms with Gasteiger partial charge in [-0.15, -0.1) is 0 Å². The highest BCUT2D eigenvalue weighted by atomic mass is 32.2. The van der Waals surface area contributed by atoms with Gasteiger partial charge >= 0.3 is 5.97 Å². The van der Waals surface area contributed by atoms with Crippen molar-refractivity contribution in [2.24, 2.45) is 0 Å². The number of carboxylic acid groups (broad SMARTS) is 1. The Bertz CT molecular complexity index is 908. The summed E-state index contributed by atoms with van der Waals surface area (Å²) in [5, 5.41) is 11.8. The summed E-state index contributed by atoms with van der Waals surface area (Å²) in [5.41, 5.74) is 1.41. The van der Waals surface area contributed by atoms with Crippen LogP contribution in [0.25, 0.3) is 0 Å². The SMILES string of the molecule is CCCCS(=O)(=O)Nc1ccc(NC(=O)Cc2ccccc2C(=O)O)cc1. The lowest BCUT2D eigenvalue weighted by Gasteiger charge is -2.10. The molecule has 7 nitrogen and oxygen atoms in total. The molecule has 27 heavy (non-hydrogen) atoms. The number of amides is 1. The minimum Gasteiger partial charge on any atom is -0.478 e. The summed E-state index contributed by atoms with van der Waals surface area (Å²) in [5.74, 6) is -1.39. The molecule has 0 aliphatic carbocycles. The number of aromatic carboxylic acids is 1. The lowest BCUT2D eigenvalue weighted by Crippen LogP contribution is -2.17. The lowest BCUT2D eigenvalue weighted by atomic mass is 10.0. The summed E-state index contributed by atoms with van der Waals surface area (Å²) in [6.45, 7) is 1.92. The molecule has 0 saturated heterocycles. The zero-order valence-corrected chi connectivity index (χ0v) is 15.8. The number of benzene rings is 2. The largest absolute Gasteiger partial charge is 0.478 e. The molecule has 1 amide bonds. The first-order valence-electron chi connectivity index (χ1n) is 8.52. The molecule has 0 saturated carbocycles. The highest BCUT2D eigenvalue weighted by Crippen LogP contribution is 2.16. The quantitative estimate of drug-likeness (QED) is 0.609. The number of hydrogen-bond acceptors (Lipinski definition) is 4. The van der Waals surface area contributed by atoms with E-state index in [4.69, 9.17) is 5.11 Å². The second-order valence-corrected chi connectivity index (χ2v) is 7.88. The third kappa shape index (κ3) is 6.41. The zero-order valence-electron chi connectivity index (χ0n) is 14.9. The van der Waals surface area contributed by atoms with Crippen molar-refractivity contribution in [1.29, 1.82) is 0 Å². The molecule has 2 rings (SSSR count). The third-order valence-corrected chi connectivity index (χ3v) is 5.18. The van der Waals surface area contributed by atoms with Crippen molar-refractivity contribution in [2.75, 3.05) is 15.8 Å². The molecule has 0 fully saturated rings. The van der Waals surface area contributed by atoms with E-state index in [1.807, 2.05) is 6.92 Å². The predicted octanol–water partition coefficient (Wildman–Crippen LogP) is 3.11. The second-order valence-electron chi connectivity index (χ2n) is 6.04. The fourth-order valence-electron chi connectivity index (χ4n) is 2.45. The van der Waals surface area contributed by atoms with Gasteiger partial charge in [0.15, 0.2) is 0 Å². The average Bonchev–Trinajstić information content (AvgIpc) is 2.61. The molecule has 144 valence electrons. The van der Waals surface area contributed by atoms with Gasteiger partial charge in [-0.3, -0.25) is 9.52 Å². The number of hydrogen-bond donors (Lipinski definition) is 3. The van der Waals surface area contributed by atoms with Crippen LogP contribution in [0.5, 0.6) is 0 Å². The molecule has 0 bridgehead atoms. The van der Waals surface area contributed by atoms with Crippen molar-refractivity contribution in [3.63, 3.8) is 0 Å². The van der Waals surface area contributed by atoms with E-state index in [1.54, 1.807) is 42.5 Å². The first-order valence-corrected chi connectivity index (χ1v) is 10.2. The van der Waals surface area contributed by atoms with Gasteiger partial charge in [0.25, 0.3) is 0 Å². The summed E-state index contributed by atoms with van der Waals surface area (Å²) in [4.78, 5) is 23.4. The van der Waals surface area contributed by atoms with E-state index < -0.39 is 16.0 Å². The molecule has 2 aromatic carbocycles. The number of carbonyl (C=O) groups excluding carboxylic acids is 1. The molecular weight excluding hydrogens is 368 g/mol. The fourth-order valence-corrected chi connectivity index (χ4v) is 3.71. The zero-order chi connectivity index (χ0) is 19.9. The van der Waals surface area contributed by atoms with E-state index in [9.17, 15) is 18.0 Å². The topological polar surface area (TPSA) is 113 Å². The highest BCUT2D eigenvalue weighted by molar-refractivity contribution is 7.92. The van der Waals surface area contributed by atoms with E-state index in [2.05, 4.69) is 10.0 Å². The number of carbonyl (C=O) groups is 2. The van der Waals surface area contributed by atoms with E-state index in [-0.39, 0.29) is 23.6 Å². The summed E-state index contributed by atoms with van der Waals surface area (Å²) < 4.78 is 26.3. The Morgan fingerprint density at radius 3 is 2.26 bits per heavy atom. The summed E-state index contributed by atoms with van der Waals surface area (Å²) in [6.07, 6.45) is 1.30. The molecule has 2 aromatic rings. The fraction of sp³-hybridized carbons (Fsp3) is 0.263. The van der Waals surface area contributed by atoms with Crippen LogP contribution in [0.15, 0.2) is 48.5 Å². The maximum absolute atomic E-state index is 12.2. The van der Waals surface area contributed by atoms with Gasteiger partial charge in [0.2, 0.25) is 15.9 Å². The molecule has 0 aliphatic rings. The van der Waals surface area contributed by atoms with Gasteiger partial charge in [0.05, 0.1) is 17.7 Å². The number of nitrogens with one attached hydrogen (secondary N) is 2. The van der Waals surface area contributed by atoms with E-state index in [0.29, 0.717) is 23.4 Å². The summed E-state index contributed by atoms with van der Waals surface area (Å²) >= 11 is 0. The molecule has 0 unspecified atom stereocenters. The summed E-state index contributed by atoms with van der Waals surface area (Å²) in [7, 11) is -3.38. The van der Waals surface area contributed by atoms with Crippen LogP contribution in [0.2, 0.25) is 0 Å². The van der Waals surface area contributed by atoms with Crippen LogP contribution < -0.4 is 10.0 Å². The van der Waals surface area contributed by atoms with Crippen LogP contribution in [0.3, 0.4) is 0 Å². The Labute approximate surface area is 158 Å². The number of sulfonamides is 1. The molecule has 0 spiro atoms. The van der Waals surface area contributed by atoms with Gasteiger partial charge < -0.3 is 10.4 Å². The Balaban J connectivity index is 1.98. The second kappa shape index (κ2) is 9.18. The Morgan fingerprint density at radius 1 is 1.00 bits per heavy atom. The van der Waals surface area contributed by atoms with Gasteiger partial charge in [-0.2, -0.15) is 0 Å². The van der Waals surface area contributed by atoms with Gasteiger partial charge in [-0.05, 0) is 42.3 Å². The van der Waals surface area contributed by atoms with Crippen molar-refractivity contribution in [3.8, 4) is 0 Å². The van der Waals surface area contributed by atoms with Gasteiger partial charge in [0.1, 0.15) is 0 Å². The molecule has 0 atom stereocenters. The molecule has 0 aliphatic heterocycles. The number of unbranched alkanes of at least 4 members (excludes halogenated alkanes) is 1. The molecule has 0 heterocycles. The molecular formula is C19H22N2O5S. The number of carboxylic acids is 1. The van der Waals surface area contributed by atoms with Crippen molar-refractivity contribution in [1.82, 2.24) is 0 Å². The smallest absolute Gasteiger partial charge is 0.335 e. The number of anilines is 2. The van der Waals surface area contributed by atoms with Crippen LogP contribution in [0.4, 0.5) is 11.4 Å². The van der Waals surface area contributed by atoms with Crippen molar-refractivity contribution < 1.29 is 23.1 Å². The maximum atomic E-state index is 12.2. The predicted molar refractivity (Wildman–Crippen MR) is 104 cm³/mol. The van der Waals surface area contributed by atoms with Crippen LogP contribution in [0, 0.1) is 0 Å². The Hall–Kier alpha value is -2.87. The van der Waals surface area contributed by atoms with Crippen LogP contribution in [-0.2, 0) is 21.2 Å². The molecule has 3 N–H and O–H groups in total. The Morgan fingerprint density at radius 2 is 1.63 bits per heavy atom. The number of rotatable bonds is 9. The lowest BCUT2D eigenvalue weighted by molar-refractivity contribution is -0.115. The highest BCUT2D eigenvalue weighted by Gasteiger charge is 2.13. The maximum Gasteiger partial charge on any atom is 0.335 e. The third-order valence-electron chi connectivity index (χ3n) is 3.81. The van der Waals surface area contributed by atoms with Gasteiger partial charge in [-0.25, -0.2) is 13.2 Å². The van der Waals surface area contributed by atoms with Gasteiger partial charge in [-0.1, -0.05) is 31.5 Å². The van der Waals surface area contributed by atoms with Crippen LogP contribution >= 0.6 is 0 Å². The van der Waals surface area contributed by atoms with Gasteiger partial charge in [0, 0.05) is 11.4 Å². The van der Waals surface area contributed by atoms with Crippen molar-refractivity contribution in [2.45, 2.75) is 26.2 Å². The van der Waals surface area contributed by atoms with Crippen LogP contribution in [-0.4, -0.2) is 31.2 Å². The first kappa shape index (κ1) is 20.4. The van der Waals surface area contributed by atoms with Crippen molar-refractivity contribution in [3.05, 3.63) is 59.7 Å². The van der Waals surface area contributed by atoms with E-state index in [1.165, 1.54) is 6.07 Å². The Kier molecular flexibility index (Phi) is 6.95. The van der Waals surface area contributed by atoms with Crippen molar-refractivity contribution >= 4 is 33.3 Å².